The third kappa shape index (κ3) is 7.22. The third-order valence-electron chi connectivity index (χ3n) is 6.06. The van der Waals surface area contributed by atoms with Gasteiger partial charge in [0.1, 0.15) is 6.04 Å². The molecule has 1 heterocycles. The lowest BCUT2D eigenvalue weighted by molar-refractivity contribution is -0.138. The zero-order valence-electron chi connectivity index (χ0n) is 20.4. The van der Waals surface area contributed by atoms with E-state index in [1.807, 2.05) is 24.3 Å². The van der Waals surface area contributed by atoms with Crippen molar-refractivity contribution in [1.82, 2.24) is 14.5 Å². The highest BCUT2D eigenvalue weighted by Crippen LogP contribution is 2.31. The molecule has 3 N–H and O–H groups in total. The fourth-order valence-electron chi connectivity index (χ4n) is 3.90. The summed E-state index contributed by atoms with van der Waals surface area (Å²) in [5.74, 6) is -0.734. The Labute approximate surface area is 220 Å². The lowest BCUT2D eigenvalue weighted by Crippen LogP contribution is -2.61. The number of benzene rings is 2. The molecule has 0 radical (unpaired) electrons. The first kappa shape index (κ1) is 30.6. The molecule has 0 saturated carbocycles. The summed E-state index contributed by atoms with van der Waals surface area (Å²) >= 11 is 0. The molecule has 2 aromatic carbocycles. The molecule has 1 saturated heterocycles. The summed E-state index contributed by atoms with van der Waals surface area (Å²) in [5, 5.41) is 2.71. The van der Waals surface area contributed by atoms with E-state index in [1.165, 1.54) is 4.90 Å². The highest BCUT2D eigenvalue weighted by Gasteiger charge is 2.41. The van der Waals surface area contributed by atoms with Gasteiger partial charge in [-0.3, -0.25) is 9.59 Å². The number of piperazine rings is 1. The van der Waals surface area contributed by atoms with Gasteiger partial charge in [0.15, 0.2) is 0 Å². The van der Waals surface area contributed by atoms with Gasteiger partial charge in [-0.15, -0.1) is 12.4 Å². The van der Waals surface area contributed by atoms with Crippen LogP contribution in [0.4, 0.5) is 13.2 Å². The van der Waals surface area contributed by atoms with E-state index in [0.717, 1.165) is 27.6 Å². The van der Waals surface area contributed by atoms with Gasteiger partial charge in [-0.1, -0.05) is 38.1 Å². The Bertz CT molecular complexity index is 1190. The topological polar surface area (TPSA) is 113 Å². The van der Waals surface area contributed by atoms with Crippen LogP contribution in [0.5, 0.6) is 0 Å². The summed E-state index contributed by atoms with van der Waals surface area (Å²) < 4.78 is 66.3. The molecule has 37 heavy (non-hydrogen) atoms. The van der Waals surface area contributed by atoms with Crippen molar-refractivity contribution in [3.8, 4) is 0 Å². The number of halogens is 4. The summed E-state index contributed by atoms with van der Waals surface area (Å²) in [5.41, 5.74) is 6.38. The number of nitrogens with one attached hydrogen (secondary N) is 1. The molecule has 0 bridgehead atoms. The molecule has 13 heteroatoms. The first-order valence-corrected chi connectivity index (χ1v) is 12.8. The number of hydrogen-bond acceptors (Lipinski definition) is 5. The zero-order chi connectivity index (χ0) is 26.7. The number of carbonyl (C=O) groups excluding carboxylic acids is 2. The minimum absolute atomic E-state index is 0. The van der Waals surface area contributed by atoms with Crippen LogP contribution in [0.15, 0.2) is 53.4 Å². The summed E-state index contributed by atoms with van der Waals surface area (Å²) in [4.78, 5) is 26.2. The van der Waals surface area contributed by atoms with E-state index >= 15 is 0 Å². The number of alkyl halides is 3. The van der Waals surface area contributed by atoms with Crippen LogP contribution >= 0.6 is 12.4 Å². The number of amides is 2. The number of sulfonamides is 1. The minimum Gasteiger partial charge on any atom is -0.351 e. The molecule has 2 aromatic rings. The second-order valence-corrected chi connectivity index (χ2v) is 10.7. The second kappa shape index (κ2) is 12.2. The largest absolute Gasteiger partial charge is 0.416 e. The lowest BCUT2D eigenvalue weighted by Gasteiger charge is -2.39. The van der Waals surface area contributed by atoms with Crippen molar-refractivity contribution in [2.75, 3.05) is 26.2 Å². The number of nitrogens with zero attached hydrogens (tertiary/aromatic N) is 2. The van der Waals surface area contributed by atoms with Crippen molar-refractivity contribution in [1.29, 1.82) is 0 Å². The molecule has 8 nitrogen and oxygen atoms in total. The van der Waals surface area contributed by atoms with E-state index in [2.05, 4.69) is 19.2 Å². The van der Waals surface area contributed by atoms with Crippen molar-refractivity contribution in [3.63, 3.8) is 0 Å². The molecule has 0 unspecified atom stereocenters. The number of hydrogen-bond donors (Lipinski definition) is 2. The van der Waals surface area contributed by atoms with Crippen molar-refractivity contribution in [2.24, 2.45) is 5.73 Å². The van der Waals surface area contributed by atoms with Crippen LogP contribution in [0, 0.1) is 0 Å². The number of carbonyl (C=O) groups is 2. The maximum absolute atomic E-state index is 13.3. The van der Waals surface area contributed by atoms with E-state index < -0.39 is 39.6 Å². The Morgan fingerprint density at radius 1 is 1.05 bits per heavy atom. The predicted molar refractivity (Wildman–Crippen MR) is 134 cm³/mol. The summed E-state index contributed by atoms with van der Waals surface area (Å²) in [7, 11) is -4.34. The SMILES string of the molecule is CC(C)c1ccc(CNC(=O)[C@H]2CN(C(=O)CN)CCN2S(=O)(=O)c2ccc(C(F)(F)F)cc2)cc1.Cl. The fourth-order valence-corrected chi connectivity index (χ4v) is 5.47. The second-order valence-electron chi connectivity index (χ2n) is 8.81. The number of rotatable bonds is 7. The molecule has 0 aromatic heterocycles. The normalized spacial score (nSPS) is 16.8. The van der Waals surface area contributed by atoms with Gasteiger partial charge >= 0.3 is 6.18 Å². The van der Waals surface area contributed by atoms with Crippen molar-refractivity contribution < 1.29 is 31.2 Å². The standard InChI is InChI=1S/C24H29F3N4O4S.ClH/c1-16(2)18-5-3-17(4-6-18)14-29-23(33)21-15-30(22(32)13-28)11-12-31(21)36(34,35)20-9-7-19(8-10-20)24(25,26)27;/h3-10,16,21H,11-15,28H2,1-2H3,(H,29,33);1H/t21-;/m1./s1. The average molecular weight is 563 g/mol. The van der Waals surface area contributed by atoms with Crippen LogP contribution in [0.3, 0.4) is 0 Å². The van der Waals surface area contributed by atoms with Crippen LogP contribution in [-0.4, -0.2) is 61.7 Å². The molecule has 0 spiro atoms. The minimum atomic E-state index is -4.62. The van der Waals surface area contributed by atoms with Crippen LogP contribution in [-0.2, 0) is 32.3 Å². The number of nitrogens with two attached hydrogens (primary N) is 1. The molecule has 2 amide bonds. The first-order chi connectivity index (χ1) is 16.8. The van der Waals surface area contributed by atoms with E-state index in [0.29, 0.717) is 18.1 Å². The van der Waals surface area contributed by atoms with Gasteiger partial charge in [-0.05, 0) is 41.3 Å². The molecule has 1 aliphatic heterocycles. The Morgan fingerprint density at radius 2 is 1.65 bits per heavy atom. The molecule has 1 fully saturated rings. The molecule has 1 atom stereocenters. The van der Waals surface area contributed by atoms with Gasteiger partial charge in [0.25, 0.3) is 0 Å². The quantitative estimate of drug-likeness (QED) is 0.539. The molecule has 0 aliphatic carbocycles. The van der Waals surface area contributed by atoms with Crippen LogP contribution in [0.25, 0.3) is 0 Å². The van der Waals surface area contributed by atoms with Crippen LogP contribution < -0.4 is 11.1 Å². The van der Waals surface area contributed by atoms with E-state index in [4.69, 9.17) is 5.73 Å². The molecule has 204 valence electrons. The summed E-state index contributed by atoms with van der Waals surface area (Å²) in [6.07, 6.45) is -4.62. The monoisotopic (exact) mass is 562 g/mol. The van der Waals surface area contributed by atoms with Gasteiger partial charge in [0, 0.05) is 26.2 Å². The van der Waals surface area contributed by atoms with E-state index in [1.54, 1.807) is 0 Å². The molecular formula is C24H30ClF3N4O4S. The van der Waals surface area contributed by atoms with Crippen LogP contribution in [0.1, 0.15) is 36.5 Å². The highest BCUT2D eigenvalue weighted by atomic mass is 35.5. The van der Waals surface area contributed by atoms with Crippen LogP contribution in [0.2, 0.25) is 0 Å². The van der Waals surface area contributed by atoms with Gasteiger partial charge in [0.2, 0.25) is 21.8 Å². The van der Waals surface area contributed by atoms with Gasteiger partial charge < -0.3 is 16.0 Å². The first-order valence-electron chi connectivity index (χ1n) is 11.4. The zero-order valence-corrected chi connectivity index (χ0v) is 22.0. The Morgan fingerprint density at radius 3 is 2.16 bits per heavy atom. The van der Waals surface area contributed by atoms with Crippen molar-refractivity contribution in [3.05, 3.63) is 65.2 Å². The average Bonchev–Trinajstić information content (AvgIpc) is 2.86. The molecular weight excluding hydrogens is 533 g/mol. The summed E-state index contributed by atoms with van der Waals surface area (Å²) in [6.45, 7) is 3.50. The predicted octanol–water partition coefficient (Wildman–Crippen LogP) is 2.73. The van der Waals surface area contributed by atoms with Gasteiger partial charge in [-0.2, -0.15) is 17.5 Å². The van der Waals surface area contributed by atoms with Gasteiger partial charge in [-0.25, -0.2) is 8.42 Å². The van der Waals surface area contributed by atoms with Crippen molar-refractivity contribution >= 4 is 34.2 Å². The highest BCUT2D eigenvalue weighted by molar-refractivity contribution is 7.89. The third-order valence-corrected chi connectivity index (χ3v) is 7.98. The Kier molecular flexibility index (Phi) is 10.1. The van der Waals surface area contributed by atoms with E-state index in [-0.39, 0.29) is 50.0 Å². The smallest absolute Gasteiger partial charge is 0.351 e. The Balaban J connectivity index is 0.00000481. The lowest BCUT2D eigenvalue weighted by atomic mass is 10.0. The maximum Gasteiger partial charge on any atom is 0.416 e. The maximum atomic E-state index is 13.3. The van der Waals surface area contributed by atoms with Gasteiger partial charge in [0.05, 0.1) is 17.0 Å². The fraction of sp³-hybridized carbons (Fsp3) is 0.417. The molecule has 1 aliphatic rings. The Hall–Kier alpha value is -2.67. The molecule has 3 rings (SSSR count). The van der Waals surface area contributed by atoms with Crippen molar-refractivity contribution in [2.45, 2.75) is 43.4 Å². The summed E-state index contributed by atoms with van der Waals surface area (Å²) in [6, 6.07) is 9.40. The van der Waals surface area contributed by atoms with E-state index in [9.17, 15) is 31.2 Å².